The van der Waals surface area contributed by atoms with Crippen molar-refractivity contribution in [3.63, 3.8) is 0 Å². The second-order valence-corrected chi connectivity index (χ2v) is 2.61. The zero-order valence-corrected chi connectivity index (χ0v) is 7.60. The lowest BCUT2D eigenvalue weighted by molar-refractivity contribution is -0.0540. The average Bonchev–Trinajstić information content (AvgIpc) is 2.05. The molecule has 1 saturated heterocycles. The molecule has 3 nitrogen and oxygen atoms in total. The SMILES string of the molecule is CO[C@H]1CCO[C@@H](CN)C1.Cl. The number of hydrogen-bond donors (Lipinski definition) is 1. The van der Waals surface area contributed by atoms with Gasteiger partial charge in [0.15, 0.2) is 0 Å². The Kier molecular flexibility index (Phi) is 5.86. The van der Waals surface area contributed by atoms with Crippen molar-refractivity contribution in [2.75, 3.05) is 20.3 Å². The van der Waals surface area contributed by atoms with Crippen molar-refractivity contribution in [3.05, 3.63) is 0 Å². The molecule has 0 unspecified atom stereocenters. The maximum atomic E-state index is 5.44. The molecule has 0 radical (unpaired) electrons. The Morgan fingerprint density at radius 3 is 2.91 bits per heavy atom. The van der Waals surface area contributed by atoms with Gasteiger partial charge in [-0.2, -0.15) is 0 Å². The van der Waals surface area contributed by atoms with E-state index in [1.54, 1.807) is 7.11 Å². The minimum atomic E-state index is 0. The maximum Gasteiger partial charge on any atom is 0.0722 e. The summed E-state index contributed by atoms with van der Waals surface area (Å²) in [5.41, 5.74) is 5.44. The highest BCUT2D eigenvalue weighted by molar-refractivity contribution is 5.85. The number of ether oxygens (including phenoxy) is 2. The smallest absolute Gasteiger partial charge is 0.0722 e. The van der Waals surface area contributed by atoms with Crippen LogP contribution in [0.4, 0.5) is 0 Å². The standard InChI is InChI=1S/C7H15NO2.ClH/c1-9-6-2-3-10-7(4-6)5-8;/h6-7H,2-5,8H2,1H3;1H/t6-,7+;/m0./s1. The molecule has 0 spiro atoms. The Balaban J connectivity index is 0.000001000. The van der Waals surface area contributed by atoms with Crippen molar-refractivity contribution < 1.29 is 9.47 Å². The van der Waals surface area contributed by atoms with Gasteiger partial charge in [0.2, 0.25) is 0 Å². The van der Waals surface area contributed by atoms with Crippen LogP contribution in [0.15, 0.2) is 0 Å². The van der Waals surface area contributed by atoms with E-state index in [1.165, 1.54) is 0 Å². The van der Waals surface area contributed by atoms with Crippen LogP contribution < -0.4 is 5.73 Å². The molecule has 0 aliphatic carbocycles. The fourth-order valence-corrected chi connectivity index (χ4v) is 1.22. The molecule has 0 aromatic carbocycles. The van der Waals surface area contributed by atoms with Crippen LogP contribution in [0.2, 0.25) is 0 Å². The molecule has 0 amide bonds. The highest BCUT2D eigenvalue weighted by Gasteiger charge is 2.20. The average molecular weight is 182 g/mol. The van der Waals surface area contributed by atoms with Gasteiger partial charge in [0.25, 0.3) is 0 Å². The summed E-state index contributed by atoms with van der Waals surface area (Å²) in [4.78, 5) is 0. The highest BCUT2D eigenvalue weighted by Crippen LogP contribution is 2.14. The van der Waals surface area contributed by atoms with Crippen LogP contribution in [0.1, 0.15) is 12.8 Å². The van der Waals surface area contributed by atoms with E-state index in [0.717, 1.165) is 19.4 Å². The summed E-state index contributed by atoms with van der Waals surface area (Å²) in [6, 6.07) is 0. The summed E-state index contributed by atoms with van der Waals surface area (Å²) >= 11 is 0. The molecule has 1 rings (SSSR count). The molecule has 1 heterocycles. The predicted molar refractivity (Wildman–Crippen MR) is 46.1 cm³/mol. The Morgan fingerprint density at radius 1 is 1.64 bits per heavy atom. The van der Waals surface area contributed by atoms with Crippen LogP contribution in [0, 0.1) is 0 Å². The van der Waals surface area contributed by atoms with Crippen LogP contribution in [-0.4, -0.2) is 32.5 Å². The second kappa shape index (κ2) is 5.77. The van der Waals surface area contributed by atoms with E-state index < -0.39 is 0 Å². The second-order valence-electron chi connectivity index (χ2n) is 2.61. The van der Waals surface area contributed by atoms with Crippen molar-refractivity contribution in [1.29, 1.82) is 0 Å². The summed E-state index contributed by atoms with van der Waals surface area (Å²) in [5.74, 6) is 0. The van der Waals surface area contributed by atoms with Crippen molar-refractivity contribution in [3.8, 4) is 0 Å². The van der Waals surface area contributed by atoms with Crippen LogP contribution in [0.5, 0.6) is 0 Å². The van der Waals surface area contributed by atoms with Gasteiger partial charge in [-0.05, 0) is 6.42 Å². The van der Waals surface area contributed by atoms with Gasteiger partial charge in [-0.15, -0.1) is 12.4 Å². The zero-order chi connectivity index (χ0) is 7.40. The Hall–Kier alpha value is 0.170. The lowest BCUT2D eigenvalue weighted by Gasteiger charge is -2.27. The number of hydrogen-bond acceptors (Lipinski definition) is 3. The maximum absolute atomic E-state index is 5.44. The molecule has 0 bridgehead atoms. The third-order valence-electron chi connectivity index (χ3n) is 1.92. The molecule has 2 atom stereocenters. The molecule has 0 aromatic rings. The Bertz CT molecular complexity index is 92.4. The quantitative estimate of drug-likeness (QED) is 0.677. The summed E-state index contributed by atoms with van der Waals surface area (Å²) in [7, 11) is 1.74. The van der Waals surface area contributed by atoms with Gasteiger partial charge >= 0.3 is 0 Å². The molecule has 2 N–H and O–H groups in total. The van der Waals surface area contributed by atoms with E-state index in [9.17, 15) is 0 Å². The summed E-state index contributed by atoms with van der Waals surface area (Å²) in [6.07, 6.45) is 2.54. The minimum absolute atomic E-state index is 0. The molecular weight excluding hydrogens is 166 g/mol. The lowest BCUT2D eigenvalue weighted by Crippen LogP contribution is -2.35. The Morgan fingerprint density at radius 2 is 2.36 bits per heavy atom. The summed E-state index contributed by atoms with van der Waals surface area (Å²) in [5, 5.41) is 0. The van der Waals surface area contributed by atoms with E-state index in [0.29, 0.717) is 12.6 Å². The first-order valence-electron chi connectivity index (χ1n) is 3.71. The summed E-state index contributed by atoms with van der Waals surface area (Å²) < 4.78 is 10.5. The highest BCUT2D eigenvalue weighted by atomic mass is 35.5. The van der Waals surface area contributed by atoms with Crippen LogP contribution in [0.3, 0.4) is 0 Å². The van der Waals surface area contributed by atoms with Crippen molar-refractivity contribution >= 4 is 12.4 Å². The van der Waals surface area contributed by atoms with Gasteiger partial charge in [0, 0.05) is 26.7 Å². The fourth-order valence-electron chi connectivity index (χ4n) is 1.22. The normalized spacial score (nSPS) is 31.1. The Labute approximate surface area is 73.6 Å². The molecule has 11 heavy (non-hydrogen) atoms. The molecule has 0 aromatic heterocycles. The third-order valence-corrected chi connectivity index (χ3v) is 1.92. The molecule has 1 aliphatic heterocycles. The number of halogens is 1. The van der Waals surface area contributed by atoms with E-state index >= 15 is 0 Å². The van der Waals surface area contributed by atoms with Crippen molar-refractivity contribution in [1.82, 2.24) is 0 Å². The number of rotatable bonds is 2. The topological polar surface area (TPSA) is 44.5 Å². The number of methoxy groups -OCH3 is 1. The molecule has 68 valence electrons. The first kappa shape index (κ1) is 11.2. The van der Waals surface area contributed by atoms with Gasteiger partial charge in [0.05, 0.1) is 12.2 Å². The lowest BCUT2D eigenvalue weighted by atomic mass is 10.1. The third kappa shape index (κ3) is 3.38. The molecule has 0 saturated carbocycles. The molecule has 1 aliphatic rings. The monoisotopic (exact) mass is 181 g/mol. The van der Waals surface area contributed by atoms with Gasteiger partial charge in [-0.1, -0.05) is 0 Å². The fraction of sp³-hybridized carbons (Fsp3) is 1.00. The van der Waals surface area contributed by atoms with Crippen LogP contribution in [0.25, 0.3) is 0 Å². The van der Waals surface area contributed by atoms with E-state index in [-0.39, 0.29) is 18.5 Å². The van der Waals surface area contributed by atoms with E-state index in [1.807, 2.05) is 0 Å². The van der Waals surface area contributed by atoms with E-state index in [4.69, 9.17) is 15.2 Å². The molecule has 1 fully saturated rings. The van der Waals surface area contributed by atoms with E-state index in [2.05, 4.69) is 0 Å². The molecular formula is C7H16ClNO2. The van der Waals surface area contributed by atoms with Crippen molar-refractivity contribution in [2.45, 2.75) is 25.0 Å². The van der Waals surface area contributed by atoms with Crippen LogP contribution >= 0.6 is 12.4 Å². The predicted octanol–water partition coefficient (Wildman–Crippen LogP) is 0.561. The first-order chi connectivity index (χ1) is 4.86. The summed E-state index contributed by atoms with van der Waals surface area (Å²) in [6.45, 7) is 1.40. The zero-order valence-electron chi connectivity index (χ0n) is 6.79. The van der Waals surface area contributed by atoms with Gasteiger partial charge < -0.3 is 15.2 Å². The van der Waals surface area contributed by atoms with Gasteiger partial charge in [-0.3, -0.25) is 0 Å². The van der Waals surface area contributed by atoms with Gasteiger partial charge in [0.1, 0.15) is 0 Å². The largest absolute Gasteiger partial charge is 0.381 e. The first-order valence-corrected chi connectivity index (χ1v) is 3.71. The molecule has 4 heteroatoms. The minimum Gasteiger partial charge on any atom is -0.381 e. The van der Waals surface area contributed by atoms with Crippen LogP contribution in [-0.2, 0) is 9.47 Å². The van der Waals surface area contributed by atoms with Gasteiger partial charge in [-0.25, -0.2) is 0 Å². The van der Waals surface area contributed by atoms with Crippen molar-refractivity contribution in [2.24, 2.45) is 5.73 Å². The number of nitrogens with two attached hydrogens (primary N) is 1.